The first-order chi connectivity index (χ1) is 8.27. The van der Waals surface area contributed by atoms with Crippen LogP contribution in [0.3, 0.4) is 0 Å². The number of amides is 1. The molecule has 0 unspecified atom stereocenters. The topological polar surface area (TPSA) is 62.6 Å². The predicted octanol–water partition coefficient (Wildman–Crippen LogP) is 0.294. The van der Waals surface area contributed by atoms with E-state index in [1.54, 1.807) is 17.0 Å². The largest absolute Gasteiger partial charge is 0.465 e. The van der Waals surface area contributed by atoms with E-state index in [0.717, 1.165) is 13.1 Å². The van der Waals surface area contributed by atoms with Crippen LogP contribution in [0.1, 0.15) is 5.76 Å². The Labute approximate surface area is 99.1 Å². The second kappa shape index (κ2) is 5.45. The van der Waals surface area contributed by atoms with Crippen molar-refractivity contribution in [3.8, 4) is 0 Å². The molecule has 1 saturated heterocycles. The highest BCUT2D eigenvalue weighted by Crippen LogP contribution is 2.03. The van der Waals surface area contributed by atoms with Crippen molar-refractivity contribution in [3.05, 3.63) is 30.2 Å². The van der Waals surface area contributed by atoms with Crippen molar-refractivity contribution in [2.75, 3.05) is 26.2 Å². The van der Waals surface area contributed by atoms with Crippen LogP contribution >= 0.6 is 0 Å². The maximum atomic E-state index is 11.7. The van der Waals surface area contributed by atoms with E-state index in [2.05, 4.69) is 5.32 Å². The molecule has 1 aliphatic rings. The monoisotopic (exact) mass is 234 g/mol. The van der Waals surface area contributed by atoms with E-state index in [1.165, 1.54) is 18.4 Å². The van der Waals surface area contributed by atoms with E-state index in [4.69, 9.17) is 4.42 Å². The lowest BCUT2D eigenvalue weighted by molar-refractivity contribution is -0.142. The van der Waals surface area contributed by atoms with E-state index in [1.807, 2.05) is 0 Å². The average Bonchev–Trinajstić information content (AvgIpc) is 2.89. The highest BCUT2D eigenvalue weighted by Gasteiger charge is 2.20. The Hall–Kier alpha value is -1.88. The maximum Gasteiger partial charge on any atom is 0.294 e. The highest BCUT2D eigenvalue weighted by molar-refractivity contribution is 6.41. The third kappa shape index (κ3) is 3.04. The summed E-state index contributed by atoms with van der Waals surface area (Å²) in [6, 6.07) is 3.45. The van der Waals surface area contributed by atoms with Crippen molar-refractivity contribution in [1.82, 2.24) is 10.2 Å². The Morgan fingerprint density at radius 3 is 2.76 bits per heavy atom. The van der Waals surface area contributed by atoms with Gasteiger partial charge in [0.15, 0.2) is 0 Å². The van der Waals surface area contributed by atoms with Gasteiger partial charge in [-0.2, -0.15) is 0 Å². The third-order valence-electron chi connectivity index (χ3n) is 2.56. The Morgan fingerprint density at radius 2 is 2.12 bits per heavy atom. The fraction of sp³-hybridized carbons (Fsp3) is 0.333. The summed E-state index contributed by atoms with van der Waals surface area (Å²) in [6.45, 7) is 2.64. The molecule has 0 saturated carbocycles. The number of hydrogen-bond acceptors (Lipinski definition) is 4. The molecule has 1 N–H and O–H groups in total. The van der Waals surface area contributed by atoms with Crippen LogP contribution in [-0.4, -0.2) is 42.8 Å². The lowest BCUT2D eigenvalue weighted by Crippen LogP contribution is -2.48. The van der Waals surface area contributed by atoms with Crippen LogP contribution in [0.15, 0.2) is 28.9 Å². The molecule has 1 amide bonds. The molecule has 0 aromatic carbocycles. The summed E-state index contributed by atoms with van der Waals surface area (Å²) in [5, 5.41) is 3.12. The van der Waals surface area contributed by atoms with Gasteiger partial charge < -0.3 is 14.6 Å². The molecule has 1 aliphatic heterocycles. The predicted molar refractivity (Wildman–Crippen MR) is 62.2 cm³/mol. The Bertz CT molecular complexity index is 417. The second-order valence-corrected chi connectivity index (χ2v) is 3.76. The van der Waals surface area contributed by atoms with Crippen LogP contribution < -0.4 is 5.32 Å². The highest BCUT2D eigenvalue weighted by atomic mass is 16.3. The zero-order chi connectivity index (χ0) is 12.1. The molecule has 2 rings (SSSR count). The number of hydrogen-bond donors (Lipinski definition) is 1. The SMILES string of the molecule is O=C(/C=C/c1ccco1)C(=O)N1CCNCC1. The quantitative estimate of drug-likeness (QED) is 0.603. The molecule has 17 heavy (non-hydrogen) atoms. The van der Waals surface area contributed by atoms with Crippen LogP contribution in [0.25, 0.3) is 6.08 Å². The Kier molecular flexibility index (Phi) is 3.72. The zero-order valence-electron chi connectivity index (χ0n) is 9.39. The fourth-order valence-corrected chi connectivity index (χ4v) is 1.64. The summed E-state index contributed by atoms with van der Waals surface area (Å²) >= 11 is 0. The maximum absolute atomic E-state index is 11.7. The van der Waals surface area contributed by atoms with Crippen molar-refractivity contribution >= 4 is 17.8 Å². The van der Waals surface area contributed by atoms with Gasteiger partial charge in [-0.15, -0.1) is 0 Å². The van der Waals surface area contributed by atoms with Crippen molar-refractivity contribution in [1.29, 1.82) is 0 Å². The molecule has 0 radical (unpaired) electrons. The van der Waals surface area contributed by atoms with Crippen molar-refractivity contribution in [2.45, 2.75) is 0 Å². The molecule has 0 aliphatic carbocycles. The number of nitrogens with one attached hydrogen (secondary N) is 1. The van der Waals surface area contributed by atoms with Crippen LogP contribution in [0.4, 0.5) is 0 Å². The first kappa shape index (κ1) is 11.6. The van der Waals surface area contributed by atoms with Gasteiger partial charge in [-0.05, 0) is 24.3 Å². The van der Waals surface area contributed by atoms with Gasteiger partial charge in [-0.3, -0.25) is 9.59 Å². The first-order valence-corrected chi connectivity index (χ1v) is 5.53. The van der Waals surface area contributed by atoms with E-state index in [-0.39, 0.29) is 0 Å². The second-order valence-electron chi connectivity index (χ2n) is 3.76. The molecular weight excluding hydrogens is 220 g/mol. The molecule has 1 aromatic rings. The number of carbonyl (C=O) groups excluding carboxylic acids is 2. The third-order valence-corrected chi connectivity index (χ3v) is 2.56. The molecule has 0 spiro atoms. The van der Waals surface area contributed by atoms with Crippen LogP contribution in [0.2, 0.25) is 0 Å². The smallest absolute Gasteiger partial charge is 0.294 e. The molecule has 2 heterocycles. The van der Waals surface area contributed by atoms with Gasteiger partial charge in [0, 0.05) is 26.2 Å². The molecule has 5 nitrogen and oxygen atoms in total. The lowest BCUT2D eigenvalue weighted by Gasteiger charge is -2.26. The summed E-state index contributed by atoms with van der Waals surface area (Å²) in [4.78, 5) is 24.9. The van der Waals surface area contributed by atoms with Gasteiger partial charge in [0.2, 0.25) is 5.78 Å². The minimum Gasteiger partial charge on any atom is -0.465 e. The van der Waals surface area contributed by atoms with E-state index >= 15 is 0 Å². The van der Waals surface area contributed by atoms with Crippen LogP contribution in [0, 0.1) is 0 Å². The normalized spacial score (nSPS) is 16.4. The molecule has 0 atom stereocenters. The molecule has 1 aromatic heterocycles. The molecule has 0 bridgehead atoms. The number of rotatable bonds is 3. The number of nitrogens with zero attached hydrogens (tertiary/aromatic N) is 1. The average molecular weight is 234 g/mol. The van der Waals surface area contributed by atoms with E-state index in [0.29, 0.717) is 18.8 Å². The summed E-state index contributed by atoms with van der Waals surface area (Å²) < 4.78 is 5.04. The first-order valence-electron chi connectivity index (χ1n) is 5.53. The van der Waals surface area contributed by atoms with Crippen molar-refractivity contribution in [2.24, 2.45) is 0 Å². The Morgan fingerprint density at radius 1 is 1.35 bits per heavy atom. The summed E-state index contributed by atoms with van der Waals surface area (Å²) in [5.41, 5.74) is 0. The number of piperazine rings is 1. The summed E-state index contributed by atoms with van der Waals surface area (Å²) in [6.07, 6.45) is 4.27. The number of carbonyl (C=O) groups is 2. The van der Waals surface area contributed by atoms with E-state index in [9.17, 15) is 9.59 Å². The minimum atomic E-state index is -0.511. The van der Waals surface area contributed by atoms with Gasteiger partial charge >= 0.3 is 0 Å². The van der Waals surface area contributed by atoms with Crippen LogP contribution in [0.5, 0.6) is 0 Å². The van der Waals surface area contributed by atoms with Gasteiger partial charge in [0.05, 0.1) is 6.26 Å². The summed E-state index contributed by atoms with van der Waals surface area (Å²) in [7, 11) is 0. The molecule has 1 fully saturated rings. The van der Waals surface area contributed by atoms with Gasteiger partial charge in [-0.1, -0.05) is 0 Å². The van der Waals surface area contributed by atoms with E-state index < -0.39 is 11.7 Å². The standard InChI is InChI=1S/C12H14N2O3/c15-11(4-3-10-2-1-9-17-10)12(16)14-7-5-13-6-8-14/h1-4,9,13H,5-8H2/b4-3+. The van der Waals surface area contributed by atoms with Crippen molar-refractivity contribution in [3.63, 3.8) is 0 Å². The number of furan rings is 1. The van der Waals surface area contributed by atoms with Gasteiger partial charge in [0.1, 0.15) is 5.76 Å². The van der Waals surface area contributed by atoms with Crippen LogP contribution in [-0.2, 0) is 9.59 Å². The summed E-state index contributed by atoms with van der Waals surface area (Å²) in [5.74, 6) is -0.399. The van der Waals surface area contributed by atoms with Gasteiger partial charge in [-0.25, -0.2) is 0 Å². The lowest BCUT2D eigenvalue weighted by atomic mass is 10.2. The number of ketones is 1. The molecule has 5 heteroatoms. The Balaban J connectivity index is 1.93. The van der Waals surface area contributed by atoms with Crippen molar-refractivity contribution < 1.29 is 14.0 Å². The molecular formula is C12H14N2O3. The minimum absolute atomic E-state index is 0.450. The fourth-order valence-electron chi connectivity index (χ4n) is 1.64. The van der Waals surface area contributed by atoms with Gasteiger partial charge in [0.25, 0.3) is 5.91 Å². The molecule has 90 valence electrons. The zero-order valence-corrected chi connectivity index (χ0v) is 9.39.